The Kier molecular flexibility index (Phi) is 4.33. The van der Waals surface area contributed by atoms with Crippen molar-refractivity contribution >= 4 is 5.91 Å². The van der Waals surface area contributed by atoms with E-state index < -0.39 is 0 Å². The summed E-state index contributed by atoms with van der Waals surface area (Å²) in [6.45, 7) is 2.25. The molecular formula is C18H24N2O4. The van der Waals surface area contributed by atoms with Crippen molar-refractivity contribution < 1.29 is 19.0 Å². The lowest BCUT2D eigenvalue weighted by molar-refractivity contribution is 0.0872. The Balaban J connectivity index is 1.41. The largest absolute Gasteiger partial charge is 0.454 e. The highest BCUT2D eigenvalue weighted by molar-refractivity contribution is 5.95. The summed E-state index contributed by atoms with van der Waals surface area (Å²) < 4.78 is 16.1. The summed E-state index contributed by atoms with van der Waals surface area (Å²) in [4.78, 5) is 15.1. The molecule has 1 aromatic rings. The first kappa shape index (κ1) is 15.7. The van der Waals surface area contributed by atoms with Crippen molar-refractivity contribution in [1.29, 1.82) is 0 Å². The Hall–Kier alpha value is -1.79. The van der Waals surface area contributed by atoms with Crippen LogP contribution in [-0.2, 0) is 4.74 Å². The molecule has 0 spiro atoms. The first-order chi connectivity index (χ1) is 11.7. The molecule has 1 N–H and O–H groups in total. The number of carbonyl (C=O) groups excluding carboxylic acids is 1. The standard InChI is InChI=1S/C18H24N2O4/c1-22-13-7-8-20(10-13)15-4-2-3-14(15)19-18(21)12-5-6-16-17(9-12)24-11-23-16/h5-6,9,13-15H,2-4,7-8,10-11H2,1H3,(H,19,21)/t13?,14-,15+/m1/s1. The van der Waals surface area contributed by atoms with E-state index in [-0.39, 0.29) is 18.7 Å². The molecule has 6 heteroatoms. The Labute approximate surface area is 142 Å². The quantitative estimate of drug-likeness (QED) is 0.911. The van der Waals surface area contributed by atoms with Crippen LogP contribution in [0.1, 0.15) is 36.0 Å². The van der Waals surface area contributed by atoms with Gasteiger partial charge < -0.3 is 19.5 Å². The van der Waals surface area contributed by atoms with Crippen LogP contribution in [-0.4, -0.2) is 56.0 Å². The van der Waals surface area contributed by atoms with Crippen LogP contribution in [0.3, 0.4) is 0 Å². The normalized spacial score (nSPS) is 29.1. The smallest absolute Gasteiger partial charge is 0.251 e. The molecule has 6 nitrogen and oxygen atoms in total. The third kappa shape index (κ3) is 2.96. The Morgan fingerprint density at radius 1 is 1.25 bits per heavy atom. The number of likely N-dealkylation sites (tertiary alicyclic amines) is 1. The van der Waals surface area contributed by atoms with Crippen molar-refractivity contribution in [2.75, 3.05) is 27.0 Å². The van der Waals surface area contributed by atoms with Crippen LogP contribution in [0.25, 0.3) is 0 Å². The van der Waals surface area contributed by atoms with E-state index in [0.29, 0.717) is 29.2 Å². The zero-order chi connectivity index (χ0) is 16.5. The molecule has 2 fully saturated rings. The molecule has 1 amide bonds. The summed E-state index contributed by atoms with van der Waals surface area (Å²) in [5.74, 6) is 1.31. The van der Waals surface area contributed by atoms with Crippen LogP contribution in [0.15, 0.2) is 18.2 Å². The van der Waals surface area contributed by atoms with E-state index in [2.05, 4.69) is 10.2 Å². The van der Waals surface area contributed by atoms with Gasteiger partial charge in [0, 0.05) is 37.8 Å². The lowest BCUT2D eigenvalue weighted by Gasteiger charge is -2.30. The maximum absolute atomic E-state index is 12.6. The minimum Gasteiger partial charge on any atom is -0.454 e. The molecule has 1 unspecified atom stereocenters. The molecule has 24 heavy (non-hydrogen) atoms. The van der Waals surface area contributed by atoms with Gasteiger partial charge in [0.05, 0.1) is 6.10 Å². The van der Waals surface area contributed by atoms with E-state index in [0.717, 1.165) is 38.8 Å². The second-order valence-corrected chi connectivity index (χ2v) is 6.79. The van der Waals surface area contributed by atoms with E-state index in [1.807, 2.05) is 0 Å². The summed E-state index contributed by atoms with van der Waals surface area (Å²) in [6.07, 6.45) is 4.74. The van der Waals surface area contributed by atoms with Gasteiger partial charge in [-0.05, 0) is 43.9 Å². The number of benzene rings is 1. The lowest BCUT2D eigenvalue weighted by atomic mass is 10.1. The fraction of sp³-hybridized carbons (Fsp3) is 0.611. The van der Waals surface area contributed by atoms with Crippen LogP contribution in [0, 0.1) is 0 Å². The van der Waals surface area contributed by atoms with Crippen molar-refractivity contribution in [3.63, 3.8) is 0 Å². The molecule has 0 bridgehead atoms. The van der Waals surface area contributed by atoms with Gasteiger partial charge in [-0.2, -0.15) is 0 Å². The molecule has 1 aromatic carbocycles. The van der Waals surface area contributed by atoms with Crippen LogP contribution < -0.4 is 14.8 Å². The second-order valence-electron chi connectivity index (χ2n) is 6.79. The molecular weight excluding hydrogens is 308 g/mol. The van der Waals surface area contributed by atoms with Gasteiger partial charge in [-0.3, -0.25) is 9.69 Å². The summed E-state index contributed by atoms with van der Waals surface area (Å²) in [7, 11) is 1.78. The predicted octanol–water partition coefficient (Wildman–Crippen LogP) is 1.79. The van der Waals surface area contributed by atoms with E-state index in [9.17, 15) is 4.79 Å². The Morgan fingerprint density at radius 3 is 2.96 bits per heavy atom. The number of nitrogens with one attached hydrogen (secondary N) is 1. The number of hydrogen-bond donors (Lipinski definition) is 1. The number of fused-ring (bicyclic) bond motifs is 1. The van der Waals surface area contributed by atoms with Gasteiger partial charge in [0.25, 0.3) is 5.91 Å². The average molecular weight is 332 g/mol. The molecule has 3 aliphatic rings. The van der Waals surface area contributed by atoms with Crippen molar-refractivity contribution in [1.82, 2.24) is 10.2 Å². The number of hydrogen-bond acceptors (Lipinski definition) is 5. The third-order valence-corrected chi connectivity index (χ3v) is 5.41. The molecule has 0 radical (unpaired) electrons. The first-order valence-corrected chi connectivity index (χ1v) is 8.72. The SMILES string of the molecule is COC1CCN([C@H]2CCC[C@H]2NC(=O)c2ccc3c(c2)OCO3)C1. The zero-order valence-electron chi connectivity index (χ0n) is 14.0. The number of amides is 1. The van der Waals surface area contributed by atoms with E-state index in [1.54, 1.807) is 25.3 Å². The topological polar surface area (TPSA) is 60.0 Å². The summed E-state index contributed by atoms with van der Waals surface area (Å²) in [6, 6.07) is 5.98. The molecule has 2 heterocycles. The Morgan fingerprint density at radius 2 is 2.12 bits per heavy atom. The number of nitrogens with zero attached hydrogens (tertiary/aromatic N) is 1. The highest BCUT2D eigenvalue weighted by Gasteiger charge is 2.37. The monoisotopic (exact) mass is 332 g/mol. The molecule has 1 saturated heterocycles. The number of ether oxygens (including phenoxy) is 3. The summed E-state index contributed by atoms with van der Waals surface area (Å²) >= 11 is 0. The molecule has 130 valence electrons. The zero-order valence-corrected chi connectivity index (χ0v) is 14.0. The van der Waals surface area contributed by atoms with Gasteiger partial charge in [-0.25, -0.2) is 0 Å². The minimum atomic E-state index is -0.0345. The highest BCUT2D eigenvalue weighted by Crippen LogP contribution is 2.33. The molecule has 3 atom stereocenters. The first-order valence-electron chi connectivity index (χ1n) is 8.72. The number of methoxy groups -OCH3 is 1. The van der Waals surface area contributed by atoms with Crippen LogP contribution in [0.5, 0.6) is 11.5 Å². The maximum atomic E-state index is 12.6. The van der Waals surface area contributed by atoms with Crippen LogP contribution in [0.2, 0.25) is 0 Å². The number of rotatable bonds is 4. The van der Waals surface area contributed by atoms with Crippen LogP contribution in [0.4, 0.5) is 0 Å². The number of carbonyl (C=O) groups is 1. The minimum absolute atomic E-state index is 0.0345. The Bertz CT molecular complexity index is 621. The van der Waals surface area contributed by atoms with Crippen molar-refractivity contribution in [3.05, 3.63) is 23.8 Å². The van der Waals surface area contributed by atoms with Crippen molar-refractivity contribution in [3.8, 4) is 11.5 Å². The van der Waals surface area contributed by atoms with E-state index in [1.165, 1.54) is 0 Å². The summed E-state index contributed by atoms with van der Waals surface area (Å²) in [5.41, 5.74) is 0.626. The van der Waals surface area contributed by atoms with Gasteiger partial charge >= 0.3 is 0 Å². The molecule has 1 aliphatic carbocycles. The highest BCUT2D eigenvalue weighted by atomic mass is 16.7. The van der Waals surface area contributed by atoms with Gasteiger partial charge in [0.15, 0.2) is 11.5 Å². The van der Waals surface area contributed by atoms with E-state index >= 15 is 0 Å². The molecule has 1 saturated carbocycles. The molecule has 2 aliphatic heterocycles. The fourth-order valence-corrected chi connectivity index (χ4v) is 4.08. The van der Waals surface area contributed by atoms with E-state index in [4.69, 9.17) is 14.2 Å². The van der Waals surface area contributed by atoms with Crippen molar-refractivity contribution in [2.24, 2.45) is 0 Å². The maximum Gasteiger partial charge on any atom is 0.251 e. The lowest BCUT2D eigenvalue weighted by Crippen LogP contribution is -2.48. The van der Waals surface area contributed by atoms with Gasteiger partial charge in [-0.1, -0.05) is 0 Å². The predicted molar refractivity (Wildman–Crippen MR) is 88.4 cm³/mol. The van der Waals surface area contributed by atoms with Crippen LogP contribution >= 0.6 is 0 Å². The van der Waals surface area contributed by atoms with Gasteiger partial charge in [0.2, 0.25) is 6.79 Å². The van der Waals surface area contributed by atoms with Gasteiger partial charge in [0.1, 0.15) is 0 Å². The fourth-order valence-electron chi connectivity index (χ4n) is 4.08. The molecule has 0 aromatic heterocycles. The third-order valence-electron chi connectivity index (χ3n) is 5.41. The second kappa shape index (κ2) is 6.61. The summed E-state index contributed by atoms with van der Waals surface area (Å²) in [5, 5.41) is 3.23. The van der Waals surface area contributed by atoms with Gasteiger partial charge in [-0.15, -0.1) is 0 Å². The average Bonchev–Trinajstić information content (AvgIpc) is 3.33. The molecule has 4 rings (SSSR count). The van der Waals surface area contributed by atoms with Crippen molar-refractivity contribution in [2.45, 2.75) is 43.9 Å².